The molecule has 4 nitrogen and oxygen atoms in total. The summed E-state index contributed by atoms with van der Waals surface area (Å²) in [6, 6.07) is 0. The predicted molar refractivity (Wildman–Crippen MR) is 42.3 cm³/mol. The summed E-state index contributed by atoms with van der Waals surface area (Å²) in [7, 11) is 0. The highest BCUT2D eigenvalue weighted by atomic mass is 19.4. The van der Waals surface area contributed by atoms with E-state index in [1.807, 2.05) is 0 Å². The fourth-order valence-corrected chi connectivity index (χ4v) is 0.849. The number of alkyl halides is 4. The molecule has 0 fully saturated rings. The Bertz CT molecular complexity index is 310. The molecule has 0 aliphatic rings. The standard InChI is InChI=1S/C7H8F5NO3/c1-6(2,16-13(14)15)5(9)4(3-8)7(10,11)12/h3H2,1-2H3. The fraction of sp³-hybridized carbons (Fsp3) is 0.714. The van der Waals surface area contributed by atoms with Crippen molar-refractivity contribution in [1.29, 1.82) is 0 Å². The summed E-state index contributed by atoms with van der Waals surface area (Å²) < 4.78 is 61.4. The maximum Gasteiger partial charge on any atom is 0.417 e. The van der Waals surface area contributed by atoms with Crippen LogP contribution in [0.25, 0.3) is 0 Å². The third-order valence-corrected chi connectivity index (χ3v) is 1.57. The van der Waals surface area contributed by atoms with E-state index in [9.17, 15) is 32.1 Å². The van der Waals surface area contributed by atoms with Gasteiger partial charge in [0.1, 0.15) is 12.5 Å². The molecule has 0 bridgehead atoms. The van der Waals surface area contributed by atoms with Gasteiger partial charge in [0.05, 0.1) is 5.57 Å². The molecule has 0 heterocycles. The molecule has 0 aliphatic heterocycles. The van der Waals surface area contributed by atoms with Gasteiger partial charge in [0, 0.05) is 0 Å². The number of halogens is 5. The van der Waals surface area contributed by atoms with Crippen molar-refractivity contribution < 1.29 is 31.9 Å². The van der Waals surface area contributed by atoms with E-state index < -0.39 is 34.9 Å². The molecule has 94 valence electrons. The van der Waals surface area contributed by atoms with Crippen LogP contribution in [-0.4, -0.2) is 23.5 Å². The van der Waals surface area contributed by atoms with E-state index in [0.29, 0.717) is 13.8 Å². The van der Waals surface area contributed by atoms with E-state index >= 15 is 0 Å². The van der Waals surface area contributed by atoms with Crippen molar-refractivity contribution in [2.45, 2.75) is 25.6 Å². The van der Waals surface area contributed by atoms with Crippen LogP contribution in [0.4, 0.5) is 22.0 Å². The van der Waals surface area contributed by atoms with E-state index in [0.717, 1.165) is 0 Å². The van der Waals surface area contributed by atoms with Crippen LogP contribution >= 0.6 is 0 Å². The van der Waals surface area contributed by atoms with E-state index in [2.05, 4.69) is 4.84 Å². The summed E-state index contributed by atoms with van der Waals surface area (Å²) in [5, 5.41) is 8.45. The van der Waals surface area contributed by atoms with E-state index in [-0.39, 0.29) is 0 Å². The number of allylic oxidation sites excluding steroid dienone is 1. The zero-order valence-electron chi connectivity index (χ0n) is 8.27. The van der Waals surface area contributed by atoms with E-state index in [1.165, 1.54) is 0 Å². The molecule has 0 aromatic carbocycles. The number of nitrogens with zero attached hydrogens (tertiary/aromatic N) is 1. The summed E-state index contributed by atoms with van der Waals surface area (Å²) in [6.07, 6.45) is -5.24. The molecule has 0 saturated carbocycles. The molecular formula is C7H8F5NO3. The van der Waals surface area contributed by atoms with Gasteiger partial charge < -0.3 is 4.84 Å². The molecular weight excluding hydrogens is 241 g/mol. The van der Waals surface area contributed by atoms with Crippen LogP contribution in [0.3, 0.4) is 0 Å². The van der Waals surface area contributed by atoms with Crippen molar-refractivity contribution in [3.8, 4) is 0 Å². The van der Waals surface area contributed by atoms with Crippen molar-refractivity contribution >= 4 is 0 Å². The second-order valence-electron chi connectivity index (χ2n) is 3.25. The number of hydrogen-bond donors (Lipinski definition) is 0. The number of hydrogen-bond acceptors (Lipinski definition) is 3. The second kappa shape index (κ2) is 4.62. The zero-order chi connectivity index (χ0) is 13.1. The van der Waals surface area contributed by atoms with Gasteiger partial charge in [0.25, 0.3) is 5.09 Å². The van der Waals surface area contributed by atoms with Crippen LogP contribution in [0.1, 0.15) is 13.8 Å². The Morgan fingerprint density at radius 3 is 2.06 bits per heavy atom. The monoisotopic (exact) mass is 249 g/mol. The largest absolute Gasteiger partial charge is 0.417 e. The molecule has 0 spiro atoms. The molecule has 0 amide bonds. The highest BCUT2D eigenvalue weighted by Gasteiger charge is 2.42. The van der Waals surface area contributed by atoms with Gasteiger partial charge in [-0.3, -0.25) is 0 Å². The minimum Gasteiger partial charge on any atom is -0.301 e. The smallest absolute Gasteiger partial charge is 0.301 e. The van der Waals surface area contributed by atoms with Gasteiger partial charge in [-0.1, -0.05) is 0 Å². The lowest BCUT2D eigenvalue weighted by Gasteiger charge is -2.22. The lowest BCUT2D eigenvalue weighted by Crippen LogP contribution is -2.32. The van der Waals surface area contributed by atoms with Gasteiger partial charge in [0.2, 0.25) is 0 Å². The molecule has 0 aliphatic carbocycles. The van der Waals surface area contributed by atoms with Gasteiger partial charge in [-0.15, -0.1) is 10.1 Å². The molecule has 0 saturated heterocycles. The highest BCUT2D eigenvalue weighted by molar-refractivity contribution is 5.20. The average molecular weight is 249 g/mol. The first-order valence-electron chi connectivity index (χ1n) is 3.88. The summed E-state index contributed by atoms with van der Waals surface area (Å²) in [5.41, 5.74) is -4.61. The lowest BCUT2D eigenvalue weighted by molar-refractivity contribution is -0.776. The minimum atomic E-state index is -5.24. The van der Waals surface area contributed by atoms with Crippen molar-refractivity contribution in [3.05, 3.63) is 21.5 Å². The third-order valence-electron chi connectivity index (χ3n) is 1.57. The van der Waals surface area contributed by atoms with E-state index in [1.54, 1.807) is 0 Å². The first kappa shape index (κ1) is 14.6. The quantitative estimate of drug-likeness (QED) is 0.437. The van der Waals surface area contributed by atoms with Gasteiger partial charge in [-0.25, -0.2) is 8.78 Å². The summed E-state index contributed by atoms with van der Waals surface area (Å²) in [4.78, 5) is 13.6. The first-order valence-corrected chi connectivity index (χ1v) is 3.88. The van der Waals surface area contributed by atoms with E-state index in [4.69, 9.17) is 0 Å². The lowest BCUT2D eigenvalue weighted by atomic mass is 10.0. The van der Waals surface area contributed by atoms with Gasteiger partial charge in [0.15, 0.2) is 5.60 Å². The van der Waals surface area contributed by atoms with Crippen LogP contribution < -0.4 is 0 Å². The Kier molecular flexibility index (Phi) is 4.21. The summed E-state index contributed by atoms with van der Waals surface area (Å²) in [6.45, 7) is -0.751. The van der Waals surface area contributed by atoms with Crippen molar-refractivity contribution in [2.24, 2.45) is 0 Å². The van der Waals surface area contributed by atoms with Crippen LogP contribution in [-0.2, 0) is 4.84 Å². The van der Waals surface area contributed by atoms with Crippen LogP contribution in [0, 0.1) is 10.1 Å². The molecule has 0 atom stereocenters. The Hall–Kier alpha value is -1.41. The highest BCUT2D eigenvalue weighted by Crippen LogP contribution is 2.35. The maximum atomic E-state index is 13.2. The molecule has 0 radical (unpaired) electrons. The summed E-state index contributed by atoms with van der Waals surface area (Å²) in [5.74, 6) is -2.06. The molecule has 9 heteroatoms. The minimum absolute atomic E-state index is 0.687. The first-order chi connectivity index (χ1) is 7.02. The van der Waals surface area contributed by atoms with Gasteiger partial charge in [-0.05, 0) is 13.8 Å². The summed E-state index contributed by atoms with van der Waals surface area (Å²) >= 11 is 0. The van der Waals surface area contributed by atoms with Crippen molar-refractivity contribution in [2.75, 3.05) is 6.67 Å². The third kappa shape index (κ3) is 3.63. The molecule has 0 N–H and O–H groups in total. The van der Waals surface area contributed by atoms with Gasteiger partial charge in [-0.2, -0.15) is 13.2 Å². The van der Waals surface area contributed by atoms with Gasteiger partial charge >= 0.3 is 6.18 Å². The predicted octanol–water partition coefficient (Wildman–Crippen LogP) is 2.73. The fourth-order valence-electron chi connectivity index (χ4n) is 0.849. The Morgan fingerprint density at radius 2 is 1.81 bits per heavy atom. The zero-order valence-corrected chi connectivity index (χ0v) is 8.27. The normalized spacial score (nSPS) is 14.4. The SMILES string of the molecule is CC(C)(O[N+](=O)[O-])C(F)=C(CF)C(F)(F)F. The van der Waals surface area contributed by atoms with Crippen LogP contribution in [0.15, 0.2) is 11.4 Å². The van der Waals surface area contributed by atoms with Crippen LogP contribution in [0.5, 0.6) is 0 Å². The average Bonchev–Trinajstić information content (AvgIpc) is 1.99. The molecule has 0 aromatic heterocycles. The Labute approximate surface area is 86.8 Å². The Balaban J connectivity index is 5.33. The topological polar surface area (TPSA) is 52.4 Å². The number of rotatable bonds is 4. The van der Waals surface area contributed by atoms with Crippen molar-refractivity contribution in [3.63, 3.8) is 0 Å². The molecule has 0 rings (SSSR count). The molecule has 0 unspecified atom stereocenters. The second-order valence-corrected chi connectivity index (χ2v) is 3.25. The maximum absolute atomic E-state index is 13.2. The molecule has 0 aromatic rings. The van der Waals surface area contributed by atoms with Crippen LogP contribution in [0.2, 0.25) is 0 Å². The van der Waals surface area contributed by atoms with Crippen molar-refractivity contribution in [1.82, 2.24) is 0 Å². The molecule has 16 heavy (non-hydrogen) atoms. The Morgan fingerprint density at radius 1 is 1.38 bits per heavy atom.